The van der Waals surface area contributed by atoms with Crippen LogP contribution in [0.5, 0.6) is 0 Å². The van der Waals surface area contributed by atoms with Crippen molar-refractivity contribution in [3.63, 3.8) is 0 Å². The first-order valence-corrected chi connectivity index (χ1v) is 7.25. The second-order valence-corrected chi connectivity index (χ2v) is 6.05. The molecule has 2 aromatic rings. The first-order chi connectivity index (χ1) is 9.10. The summed E-state index contributed by atoms with van der Waals surface area (Å²) in [6.45, 7) is 0. The first kappa shape index (κ1) is 13.0. The Morgan fingerprint density at radius 3 is 2.74 bits per heavy atom. The first-order valence-electron chi connectivity index (χ1n) is 6.18. The molecule has 0 bridgehead atoms. The van der Waals surface area contributed by atoms with Crippen molar-refractivity contribution in [1.82, 2.24) is 10.1 Å². The van der Waals surface area contributed by atoms with Gasteiger partial charge >= 0.3 is 0 Å². The van der Waals surface area contributed by atoms with Gasteiger partial charge in [0.05, 0.1) is 11.1 Å². The zero-order valence-corrected chi connectivity index (χ0v) is 12.4. The van der Waals surface area contributed by atoms with Gasteiger partial charge in [-0.2, -0.15) is 4.98 Å². The summed E-state index contributed by atoms with van der Waals surface area (Å²) < 4.78 is 19.8. The van der Waals surface area contributed by atoms with E-state index < -0.39 is 5.54 Å². The Morgan fingerprint density at radius 1 is 1.32 bits per heavy atom. The van der Waals surface area contributed by atoms with Crippen molar-refractivity contribution in [2.75, 3.05) is 0 Å². The Bertz CT molecular complexity index is 587. The third kappa shape index (κ3) is 2.27. The van der Waals surface area contributed by atoms with Crippen LogP contribution < -0.4 is 5.73 Å². The lowest BCUT2D eigenvalue weighted by Crippen LogP contribution is -2.34. The average molecular weight is 373 g/mol. The van der Waals surface area contributed by atoms with E-state index in [1.54, 1.807) is 12.1 Å². The van der Waals surface area contributed by atoms with Gasteiger partial charge < -0.3 is 10.3 Å². The molecule has 0 unspecified atom stereocenters. The van der Waals surface area contributed by atoms with Crippen molar-refractivity contribution in [2.24, 2.45) is 5.73 Å². The maximum Gasteiger partial charge on any atom is 0.262 e. The fourth-order valence-electron chi connectivity index (χ4n) is 2.46. The van der Waals surface area contributed by atoms with Crippen LogP contribution in [-0.2, 0) is 5.54 Å². The predicted octanol–water partition coefficient (Wildman–Crippen LogP) is 3.21. The maximum atomic E-state index is 13.9. The summed E-state index contributed by atoms with van der Waals surface area (Å²) in [5, 5.41) is 3.95. The van der Waals surface area contributed by atoms with Gasteiger partial charge in [0.25, 0.3) is 5.89 Å². The monoisotopic (exact) mass is 373 g/mol. The minimum atomic E-state index is -0.515. The smallest absolute Gasteiger partial charge is 0.262 e. The van der Waals surface area contributed by atoms with Gasteiger partial charge in [-0.1, -0.05) is 24.1 Å². The second-order valence-electron chi connectivity index (χ2n) is 4.88. The van der Waals surface area contributed by atoms with Crippen molar-refractivity contribution in [3.8, 4) is 11.5 Å². The van der Waals surface area contributed by atoms with Gasteiger partial charge in [0, 0.05) is 3.57 Å². The molecule has 0 radical (unpaired) electrons. The lowest BCUT2D eigenvalue weighted by molar-refractivity contribution is 0.372. The minimum absolute atomic E-state index is 0.203. The molecular weight excluding hydrogens is 360 g/mol. The Labute approximate surface area is 123 Å². The molecule has 1 aliphatic carbocycles. The van der Waals surface area contributed by atoms with Gasteiger partial charge in [0.1, 0.15) is 5.82 Å². The van der Waals surface area contributed by atoms with E-state index in [-0.39, 0.29) is 11.7 Å². The standard InChI is InChI=1S/C13H13FIN3O/c14-8-4-3-5-9(15)10(8)11-17-12(18-19-11)13(16)6-1-2-7-13/h3-5H,1-2,6-7,16H2. The summed E-state index contributed by atoms with van der Waals surface area (Å²) in [6, 6.07) is 4.84. The van der Waals surface area contributed by atoms with Crippen molar-refractivity contribution >= 4 is 22.6 Å². The summed E-state index contributed by atoms with van der Waals surface area (Å²) in [5.41, 5.74) is 6.10. The largest absolute Gasteiger partial charge is 0.334 e. The summed E-state index contributed by atoms with van der Waals surface area (Å²) in [6.07, 6.45) is 3.83. The number of rotatable bonds is 2. The highest BCUT2D eigenvalue weighted by atomic mass is 127. The van der Waals surface area contributed by atoms with Crippen LogP contribution in [0.2, 0.25) is 0 Å². The Morgan fingerprint density at radius 2 is 2.05 bits per heavy atom. The number of nitrogens with zero attached hydrogens (tertiary/aromatic N) is 2. The molecule has 1 aliphatic rings. The van der Waals surface area contributed by atoms with Gasteiger partial charge in [-0.15, -0.1) is 0 Å². The Hall–Kier alpha value is -1.02. The van der Waals surface area contributed by atoms with Crippen LogP contribution in [0.1, 0.15) is 31.5 Å². The van der Waals surface area contributed by atoms with Gasteiger partial charge in [-0.3, -0.25) is 0 Å². The van der Waals surface area contributed by atoms with E-state index >= 15 is 0 Å². The molecule has 1 heterocycles. The zero-order valence-electron chi connectivity index (χ0n) is 10.2. The lowest BCUT2D eigenvalue weighted by Gasteiger charge is -2.17. The van der Waals surface area contributed by atoms with Gasteiger partial charge in [0.15, 0.2) is 5.82 Å². The minimum Gasteiger partial charge on any atom is -0.334 e. The highest BCUT2D eigenvalue weighted by molar-refractivity contribution is 14.1. The van der Waals surface area contributed by atoms with Gasteiger partial charge in [-0.05, 0) is 47.6 Å². The van der Waals surface area contributed by atoms with E-state index in [2.05, 4.69) is 32.7 Å². The molecule has 2 N–H and O–H groups in total. The quantitative estimate of drug-likeness (QED) is 0.822. The van der Waals surface area contributed by atoms with Crippen molar-refractivity contribution in [2.45, 2.75) is 31.2 Å². The molecule has 1 fully saturated rings. The molecule has 0 aliphatic heterocycles. The topological polar surface area (TPSA) is 64.9 Å². The van der Waals surface area contributed by atoms with Crippen LogP contribution in [0.4, 0.5) is 4.39 Å². The summed E-state index contributed by atoms with van der Waals surface area (Å²) in [7, 11) is 0. The SMILES string of the molecule is NC1(c2noc(-c3c(F)cccc3I)n2)CCCC1. The Balaban J connectivity index is 2.02. The predicted molar refractivity (Wildman–Crippen MR) is 76.7 cm³/mol. The van der Waals surface area contributed by atoms with E-state index in [0.717, 1.165) is 29.3 Å². The van der Waals surface area contributed by atoms with Gasteiger partial charge in [-0.25, -0.2) is 4.39 Å². The van der Waals surface area contributed by atoms with E-state index in [0.29, 0.717) is 11.4 Å². The molecule has 0 amide bonds. The van der Waals surface area contributed by atoms with Crippen molar-refractivity contribution in [1.29, 1.82) is 0 Å². The lowest BCUT2D eigenvalue weighted by atomic mass is 9.99. The fourth-order valence-corrected chi connectivity index (χ4v) is 3.15. The van der Waals surface area contributed by atoms with Crippen molar-refractivity contribution in [3.05, 3.63) is 33.4 Å². The molecule has 4 nitrogen and oxygen atoms in total. The number of aromatic nitrogens is 2. The molecule has 6 heteroatoms. The van der Waals surface area contributed by atoms with Gasteiger partial charge in [0.2, 0.25) is 0 Å². The highest BCUT2D eigenvalue weighted by Gasteiger charge is 2.36. The van der Waals surface area contributed by atoms with Crippen LogP contribution in [0.15, 0.2) is 22.7 Å². The summed E-state index contributed by atoms with van der Waals surface area (Å²) in [5.74, 6) is 0.327. The van der Waals surface area contributed by atoms with Crippen molar-refractivity contribution < 1.29 is 8.91 Å². The molecule has 1 saturated carbocycles. The molecule has 0 spiro atoms. The highest BCUT2D eigenvalue weighted by Crippen LogP contribution is 2.36. The zero-order chi connectivity index (χ0) is 13.5. The third-order valence-corrected chi connectivity index (χ3v) is 4.44. The fraction of sp³-hybridized carbons (Fsp3) is 0.385. The third-order valence-electron chi connectivity index (χ3n) is 3.54. The maximum absolute atomic E-state index is 13.9. The molecule has 3 rings (SSSR count). The second kappa shape index (κ2) is 4.82. The van der Waals surface area contributed by atoms with Crippen LogP contribution in [0.3, 0.4) is 0 Å². The average Bonchev–Trinajstić information content (AvgIpc) is 2.99. The summed E-state index contributed by atoms with van der Waals surface area (Å²) >= 11 is 2.05. The van der Waals surface area contributed by atoms with E-state index in [1.165, 1.54) is 6.07 Å². The number of nitrogens with two attached hydrogens (primary N) is 1. The number of hydrogen-bond donors (Lipinski definition) is 1. The molecular formula is C13H13FIN3O. The Kier molecular flexibility index (Phi) is 3.30. The molecule has 100 valence electrons. The molecule has 0 atom stereocenters. The molecule has 1 aromatic carbocycles. The number of benzene rings is 1. The molecule has 19 heavy (non-hydrogen) atoms. The van der Waals surface area contributed by atoms with E-state index in [4.69, 9.17) is 10.3 Å². The molecule has 1 aromatic heterocycles. The van der Waals surface area contributed by atoms with Crippen LogP contribution in [-0.4, -0.2) is 10.1 Å². The summed E-state index contributed by atoms with van der Waals surface area (Å²) in [4.78, 5) is 4.31. The van der Waals surface area contributed by atoms with E-state index in [1.807, 2.05) is 0 Å². The number of hydrogen-bond acceptors (Lipinski definition) is 4. The molecule has 0 saturated heterocycles. The number of halogens is 2. The van der Waals surface area contributed by atoms with Crippen LogP contribution in [0.25, 0.3) is 11.5 Å². The van der Waals surface area contributed by atoms with Crippen LogP contribution in [0, 0.1) is 9.39 Å². The normalized spacial score (nSPS) is 17.8. The van der Waals surface area contributed by atoms with E-state index in [9.17, 15) is 4.39 Å². The van der Waals surface area contributed by atoms with Crippen LogP contribution >= 0.6 is 22.6 Å².